The van der Waals surface area contributed by atoms with Crippen LogP contribution >= 0.6 is 22.9 Å². The summed E-state index contributed by atoms with van der Waals surface area (Å²) in [4.78, 5) is 24.5. The number of carbonyl (C=O) groups excluding carboxylic acids is 2. The number of aryl methyl sites for hydroxylation is 1. The van der Waals surface area contributed by atoms with Crippen molar-refractivity contribution < 1.29 is 18.8 Å². The van der Waals surface area contributed by atoms with Gasteiger partial charge in [0.25, 0.3) is 5.91 Å². The molecule has 0 saturated carbocycles. The van der Waals surface area contributed by atoms with Crippen molar-refractivity contribution in [3.8, 4) is 17.3 Å². The summed E-state index contributed by atoms with van der Waals surface area (Å²) >= 11 is 7.36. The second-order valence-corrected chi connectivity index (χ2v) is 6.67. The van der Waals surface area contributed by atoms with Crippen LogP contribution in [0, 0.1) is 18.3 Å². The van der Waals surface area contributed by atoms with Crippen molar-refractivity contribution >= 4 is 39.8 Å². The summed E-state index contributed by atoms with van der Waals surface area (Å²) in [6.07, 6.45) is 0. The molecule has 0 spiro atoms. The number of hydrogen-bond acceptors (Lipinski definition) is 7. The van der Waals surface area contributed by atoms with Gasteiger partial charge in [-0.3, -0.25) is 4.79 Å². The third kappa shape index (κ3) is 4.00. The Balaban J connectivity index is 1.72. The summed E-state index contributed by atoms with van der Waals surface area (Å²) in [6.45, 7) is 1.04. The number of esters is 1. The lowest BCUT2D eigenvalue weighted by molar-refractivity contribution is -0.119. The number of amides is 1. The van der Waals surface area contributed by atoms with Crippen LogP contribution in [0.1, 0.15) is 21.7 Å². The van der Waals surface area contributed by atoms with E-state index in [0.29, 0.717) is 21.2 Å². The summed E-state index contributed by atoms with van der Waals surface area (Å²) in [6, 6.07) is 10.4. The number of nitrogens with one attached hydrogen (secondary N) is 1. The minimum absolute atomic E-state index is 0.102. The first kappa shape index (κ1) is 18.6. The zero-order valence-electron chi connectivity index (χ0n) is 14.0. The van der Waals surface area contributed by atoms with Crippen molar-refractivity contribution in [3.63, 3.8) is 0 Å². The molecule has 0 bridgehead atoms. The molecular formula is C18H12ClN3O4S. The number of ether oxygens (including phenoxy) is 1. The largest absolute Gasteiger partial charge is 0.452 e. The van der Waals surface area contributed by atoms with Crippen molar-refractivity contribution in [1.82, 2.24) is 5.16 Å². The van der Waals surface area contributed by atoms with Gasteiger partial charge in [0.2, 0.25) is 0 Å². The van der Waals surface area contributed by atoms with Crippen molar-refractivity contribution in [2.75, 3.05) is 11.9 Å². The van der Waals surface area contributed by atoms with Gasteiger partial charge in [0.1, 0.15) is 28.1 Å². The number of rotatable bonds is 5. The summed E-state index contributed by atoms with van der Waals surface area (Å²) < 4.78 is 10.2. The molecule has 136 valence electrons. The third-order valence-electron chi connectivity index (χ3n) is 3.57. The second kappa shape index (κ2) is 8.03. The predicted molar refractivity (Wildman–Crippen MR) is 99.6 cm³/mol. The molecular weight excluding hydrogens is 390 g/mol. The van der Waals surface area contributed by atoms with Gasteiger partial charge in [-0.1, -0.05) is 35.0 Å². The Hall–Kier alpha value is -3.15. The summed E-state index contributed by atoms with van der Waals surface area (Å²) in [5.41, 5.74) is 1.21. The fourth-order valence-corrected chi connectivity index (χ4v) is 3.29. The molecule has 3 rings (SSSR count). The molecule has 2 aromatic heterocycles. The number of aromatic nitrogens is 1. The van der Waals surface area contributed by atoms with Crippen molar-refractivity contribution in [3.05, 3.63) is 57.6 Å². The highest BCUT2D eigenvalue weighted by Gasteiger charge is 2.25. The topological polar surface area (TPSA) is 105 Å². The monoisotopic (exact) mass is 401 g/mol. The standard InChI is InChI=1S/C18H12ClN3O4S/c1-10-15(16(22-26-10)12-4-2-3-5-13(12)19)18(24)25-9-14(23)21-17-11(8-20)6-7-27-17/h2-7H,9H2,1H3,(H,21,23). The summed E-state index contributed by atoms with van der Waals surface area (Å²) in [7, 11) is 0. The molecule has 0 fully saturated rings. The van der Waals surface area contributed by atoms with E-state index in [-0.39, 0.29) is 17.0 Å². The number of anilines is 1. The lowest BCUT2D eigenvalue weighted by Crippen LogP contribution is -2.21. The molecule has 7 nitrogen and oxygen atoms in total. The minimum Gasteiger partial charge on any atom is -0.452 e. The highest BCUT2D eigenvalue weighted by atomic mass is 35.5. The fraction of sp³-hybridized carbons (Fsp3) is 0.111. The number of thiophene rings is 1. The van der Waals surface area contributed by atoms with Crippen LogP contribution < -0.4 is 5.32 Å². The molecule has 0 aliphatic rings. The quantitative estimate of drug-likeness (QED) is 0.647. The average Bonchev–Trinajstić information content (AvgIpc) is 3.26. The molecule has 9 heteroatoms. The number of carbonyl (C=O) groups is 2. The minimum atomic E-state index is -0.759. The SMILES string of the molecule is Cc1onc(-c2ccccc2Cl)c1C(=O)OCC(=O)Nc1sccc1C#N. The molecule has 0 radical (unpaired) electrons. The maximum absolute atomic E-state index is 12.5. The Kier molecular flexibility index (Phi) is 5.54. The maximum Gasteiger partial charge on any atom is 0.344 e. The number of nitriles is 1. The Morgan fingerprint density at radius 3 is 2.89 bits per heavy atom. The number of nitrogens with zero attached hydrogens (tertiary/aromatic N) is 2. The highest BCUT2D eigenvalue weighted by Crippen LogP contribution is 2.31. The van der Waals surface area contributed by atoms with Gasteiger partial charge in [0.15, 0.2) is 6.61 Å². The smallest absolute Gasteiger partial charge is 0.344 e. The highest BCUT2D eigenvalue weighted by molar-refractivity contribution is 7.14. The van der Waals surface area contributed by atoms with E-state index in [0.717, 1.165) is 0 Å². The van der Waals surface area contributed by atoms with E-state index in [2.05, 4.69) is 10.5 Å². The van der Waals surface area contributed by atoms with Gasteiger partial charge in [-0.25, -0.2) is 4.79 Å². The van der Waals surface area contributed by atoms with Crippen LogP contribution in [0.25, 0.3) is 11.3 Å². The summed E-state index contributed by atoms with van der Waals surface area (Å²) in [5.74, 6) is -1.07. The number of hydrogen-bond donors (Lipinski definition) is 1. The van der Waals surface area contributed by atoms with Gasteiger partial charge in [-0.05, 0) is 24.4 Å². The Bertz CT molecular complexity index is 1050. The predicted octanol–water partition coefficient (Wildman–Crippen LogP) is 4.03. The van der Waals surface area contributed by atoms with Crippen LogP contribution in [0.15, 0.2) is 40.2 Å². The first-order valence-corrected chi connectivity index (χ1v) is 8.92. The Morgan fingerprint density at radius 2 is 2.15 bits per heavy atom. The lowest BCUT2D eigenvalue weighted by atomic mass is 10.1. The van der Waals surface area contributed by atoms with Gasteiger partial charge in [-0.2, -0.15) is 5.26 Å². The van der Waals surface area contributed by atoms with Crippen LogP contribution in [-0.2, 0) is 9.53 Å². The van der Waals surface area contributed by atoms with E-state index in [1.807, 2.05) is 6.07 Å². The van der Waals surface area contributed by atoms with Crippen LogP contribution in [0.3, 0.4) is 0 Å². The maximum atomic E-state index is 12.5. The van der Waals surface area contributed by atoms with E-state index in [1.54, 1.807) is 42.6 Å². The molecule has 1 aromatic carbocycles. The van der Waals surface area contributed by atoms with E-state index < -0.39 is 18.5 Å². The van der Waals surface area contributed by atoms with E-state index in [4.69, 9.17) is 26.1 Å². The van der Waals surface area contributed by atoms with Crippen molar-refractivity contribution in [1.29, 1.82) is 5.26 Å². The van der Waals surface area contributed by atoms with Crippen molar-refractivity contribution in [2.45, 2.75) is 6.92 Å². The normalized spacial score (nSPS) is 10.3. The van der Waals surface area contributed by atoms with Crippen LogP contribution in [-0.4, -0.2) is 23.6 Å². The summed E-state index contributed by atoms with van der Waals surface area (Å²) in [5, 5.41) is 17.8. The molecule has 1 N–H and O–H groups in total. The average molecular weight is 402 g/mol. The van der Waals surface area contributed by atoms with Crippen LogP contribution in [0.4, 0.5) is 5.00 Å². The first-order chi connectivity index (χ1) is 13.0. The van der Waals surface area contributed by atoms with E-state index in [9.17, 15) is 9.59 Å². The molecule has 2 heterocycles. The molecule has 0 atom stereocenters. The van der Waals surface area contributed by atoms with Gasteiger partial charge >= 0.3 is 5.97 Å². The van der Waals surface area contributed by atoms with Gasteiger partial charge in [0, 0.05) is 5.56 Å². The second-order valence-electron chi connectivity index (χ2n) is 5.34. The molecule has 27 heavy (non-hydrogen) atoms. The van der Waals surface area contributed by atoms with E-state index in [1.165, 1.54) is 11.3 Å². The van der Waals surface area contributed by atoms with Gasteiger partial charge in [-0.15, -0.1) is 11.3 Å². The first-order valence-electron chi connectivity index (χ1n) is 7.67. The number of benzene rings is 1. The van der Waals surface area contributed by atoms with Gasteiger partial charge < -0.3 is 14.6 Å². The number of halogens is 1. The third-order valence-corrected chi connectivity index (χ3v) is 4.73. The molecule has 3 aromatic rings. The van der Waals surface area contributed by atoms with Crippen LogP contribution in [0.2, 0.25) is 5.02 Å². The zero-order valence-corrected chi connectivity index (χ0v) is 15.6. The molecule has 0 saturated heterocycles. The molecule has 0 aliphatic heterocycles. The Labute approximate surface area is 163 Å². The Morgan fingerprint density at radius 1 is 1.37 bits per heavy atom. The van der Waals surface area contributed by atoms with E-state index >= 15 is 0 Å². The molecule has 0 unspecified atom stereocenters. The molecule has 0 aliphatic carbocycles. The fourth-order valence-electron chi connectivity index (χ4n) is 2.31. The van der Waals surface area contributed by atoms with Gasteiger partial charge in [0.05, 0.1) is 10.6 Å². The molecule has 1 amide bonds. The lowest BCUT2D eigenvalue weighted by Gasteiger charge is -2.06. The van der Waals surface area contributed by atoms with Crippen molar-refractivity contribution in [2.24, 2.45) is 0 Å². The van der Waals surface area contributed by atoms with Crippen LogP contribution in [0.5, 0.6) is 0 Å². The zero-order chi connectivity index (χ0) is 19.4.